The summed E-state index contributed by atoms with van der Waals surface area (Å²) in [5.74, 6) is -5.66. The highest BCUT2D eigenvalue weighted by Gasteiger charge is 2.28. The van der Waals surface area contributed by atoms with Crippen molar-refractivity contribution >= 4 is 22.8 Å². The molecule has 1 aliphatic rings. The van der Waals surface area contributed by atoms with Gasteiger partial charge in [0.15, 0.2) is 28.9 Å². The van der Waals surface area contributed by atoms with Crippen LogP contribution < -0.4 is 15.6 Å². The van der Waals surface area contributed by atoms with E-state index in [-0.39, 0.29) is 41.9 Å². The molecule has 2 aromatic heterocycles. The molecule has 3 aromatic rings. The lowest BCUT2D eigenvalue weighted by Crippen LogP contribution is -2.40. The lowest BCUT2D eigenvalue weighted by molar-refractivity contribution is 0.0923. The van der Waals surface area contributed by atoms with E-state index in [2.05, 4.69) is 10.3 Å². The van der Waals surface area contributed by atoms with Crippen molar-refractivity contribution in [1.82, 2.24) is 14.9 Å². The van der Waals surface area contributed by atoms with Gasteiger partial charge in [-0.1, -0.05) is 20.8 Å². The number of hydrogen-bond acceptors (Lipinski definition) is 5. The number of nitrogens with zero attached hydrogens (tertiary/aromatic N) is 3. The van der Waals surface area contributed by atoms with Gasteiger partial charge < -0.3 is 15.3 Å². The Hall–Kier alpha value is -3.47. The summed E-state index contributed by atoms with van der Waals surface area (Å²) in [6.07, 6.45) is 1.14. The van der Waals surface area contributed by atoms with E-state index in [0.717, 1.165) is 16.8 Å². The van der Waals surface area contributed by atoms with Gasteiger partial charge in [0.1, 0.15) is 17.1 Å². The predicted molar refractivity (Wildman–Crippen MR) is 126 cm³/mol. The molecule has 3 heterocycles. The summed E-state index contributed by atoms with van der Waals surface area (Å²) < 4.78 is 59.2. The fourth-order valence-corrected chi connectivity index (χ4v) is 4.45. The zero-order valence-corrected chi connectivity index (χ0v) is 20.0. The minimum absolute atomic E-state index is 0.0334. The number of aliphatic hydroxyl groups is 1. The number of rotatable bonds is 6. The van der Waals surface area contributed by atoms with Gasteiger partial charge in [0.2, 0.25) is 5.43 Å². The standard InChI is InChI=1S/C25H26F4N4O3/c1-4-20(12(2)3)30-25(36)16-11-33(21-17(27)7-13(26)8-18(21)28)23-15(22(16)35)9-19(29)24(31-23)32-6-5-14(34)10-32/h7-9,11-12,14,20,34H,4-6,10H2,1-3H3,(H,30,36)/t14-,20?/m0/s1. The van der Waals surface area contributed by atoms with Crippen molar-refractivity contribution in [3.8, 4) is 5.69 Å². The van der Waals surface area contributed by atoms with Gasteiger partial charge in [-0.2, -0.15) is 0 Å². The molecule has 192 valence electrons. The molecule has 0 spiro atoms. The molecule has 1 amide bonds. The van der Waals surface area contributed by atoms with Crippen molar-refractivity contribution in [3.63, 3.8) is 0 Å². The molecule has 0 saturated carbocycles. The van der Waals surface area contributed by atoms with Crippen LogP contribution in [0.4, 0.5) is 23.4 Å². The van der Waals surface area contributed by atoms with Crippen LogP contribution >= 0.6 is 0 Å². The van der Waals surface area contributed by atoms with Crippen LogP contribution in [0.25, 0.3) is 16.7 Å². The minimum atomic E-state index is -1.30. The number of fused-ring (bicyclic) bond motifs is 1. The number of carbonyl (C=O) groups excluding carboxylic acids is 1. The van der Waals surface area contributed by atoms with E-state index < -0.39 is 52.0 Å². The first-order chi connectivity index (χ1) is 17.0. The summed E-state index contributed by atoms with van der Waals surface area (Å²) in [7, 11) is 0. The van der Waals surface area contributed by atoms with Gasteiger partial charge in [-0.3, -0.25) is 14.2 Å². The number of aliphatic hydroxyl groups excluding tert-OH is 1. The molecule has 7 nitrogen and oxygen atoms in total. The lowest BCUT2D eigenvalue weighted by atomic mass is 10.0. The molecule has 2 N–H and O–H groups in total. The molecule has 0 bridgehead atoms. The zero-order valence-electron chi connectivity index (χ0n) is 20.0. The lowest BCUT2D eigenvalue weighted by Gasteiger charge is -2.22. The Labute approximate surface area is 204 Å². The van der Waals surface area contributed by atoms with Gasteiger partial charge in [0, 0.05) is 37.5 Å². The van der Waals surface area contributed by atoms with Gasteiger partial charge in [0.25, 0.3) is 5.91 Å². The number of carbonyl (C=O) groups is 1. The fourth-order valence-electron chi connectivity index (χ4n) is 4.45. The van der Waals surface area contributed by atoms with E-state index in [0.29, 0.717) is 25.0 Å². The molecule has 36 heavy (non-hydrogen) atoms. The van der Waals surface area contributed by atoms with Gasteiger partial charge >= 0.3 is 0 Å². The van der Waals surface area contributed by atoms with Crippen molar-refractivity contribution < 1.29 is 27.5 Å². The van der Waals surface area contributed by atoms with Gasteiger partial charge in [0.05, 0.1) is 11.5 Å². The Morgan fingerprint density at radius 3 is 2.39 bits per heavy atom. The maximum atomic E-state index is 15.1. The summed E-state index contributed by atoms with van der Waals surface area (Å²) in [6.45, 7) is 5.96. The molecule has 1 aromatic carbocycles. The van der Waals surface area contributed by atoms with E-state index in [1.807, 2.05) is 20.8 Å². The topological polar surface area (TPSA) is 87.5 Å². The molecule has 1 aliphatic heterocycles. The van der Waals surface area contributed by atoms with Crippen LogP contribution in [0, 0.1) is 29.2 Å². The number of β-amino-alcohol motifs (C(OH)–C–C–N with tert-alkyl or cyclic N) is 1. The van der Waals surface area contributed by atoms with Crippen molar-refractivity contribution in [2.24, 2.45) is 5.92 Å². The maximum Gasteiger partial charge on any atom is 0.257 e. The fraction of sp³-hybridized carbons (Fsp3) is 0.400. The first-order valence-corrected chi connectivity index (χ1v) is 11.7. The summed E-state index contributed by atoms with van der Waals surface area (Å²) in [6, 6.07) is 1.47. The molecule has 0 aliphatic carbocycles. The third-order valence-corrected chi connectivity index (χ3v) is 6.40. The molecule has 4 rings (SSSR count). The summed E-state index contributed by atoms with van der Waals surface area (Å²) in [4.78, 5) is 32.0. The molecule has 1 unspecified atom stereocenters. The van der Waals surface area contributed by atoms with E-state index in [4.69, 9.17) is 0 Å². The Morgan fingerprint density at radius 2 is 1.83 bits per heavy atom. The first kappa shape index (κ1) is 25.6. The van der Waals surface area contributed by atoms with Crippen LogP contribution in [0.15, 0.2) is 29.2 Å². The number of halogens is 4. The van der Waals surface area contributed by atoms with Crippen molar-refractivity contribution in [2.75, 3.05) is 18.0 Å². The monoisotopic (exact) mass is 506 g/mol. The summed E-state index contributed by atoms with van der Waals surface area (Å²) in [5, 5.41) is 12.2. The highest BCUT2D eigenvalue weighted by Crippen LogP contribution is 2.28. The molecule has 1 fully saturated rings. The van der Waals surface area contributed by atoms with Crippen LogP contribution in [0.1, 0.15) is 44.0 Å². The third kappa shape index (κ3) is 4.67. The highest BCUT2D eigenvalue weighted by molar-refractivity contribution is 5.97. The SMILES string of the molecule is CCC(NC(=O)c1cn(-c2c(F)cc(F)cc2F)c2nc(N3CC[C@H](O)C3)c(F)cc2c1=O)C(C)C. The number of aromatic nitrogens is 2. The van der Waals surface area contributed by atoms with Crippen molar-refractivity contribution in [3.05, 3.63) is 63.5 Å². The van der Waals surface area contributed by atoms with Gasteiger partial charge in [-0.15, -0.1) is 0 Å². The Kier molecular flexibility index (Phi) is 7.03. The molecule has 11 heteroatoms. The quantitative estimate of drug-likeness (QED) is 0.498. The van der Waals surface area contributed by atoms with Crippen LogP contribution in [0.3, 0.4) is 0 Å². The maximum absolute atomic E-state index is 15.1. The molecule has 2 atom stereocenters. The van der Waals surface area contributed by atoms with E-state index in [1.165, 1.54) is 4.90 Å². The number of benzene rings is 1. The van der Waals surface area contributed by atoms with Crippen LogP contribution in [-0.2, 0) is 0 Å². The number of pyridine rings is 2. The molecular weight excluding hydrogens is 480 g/mol. The van der Waals surface area contributed by atoms with Crippen molar-refractivity contribution in [2.45, 2.75) is 45.8 Å². The predicted octanol–water partition coefficient (Wildman–Crippen LogP) is 3.68. The second kappa shape index (κ2) is 9.88. The number of amides is 1. The van der Waals surface area contributed by atoms with E-state index in [1.54, 1.807) is 0 Å². The van der Waals surface area contributed by atoms with Crippen LogP contribution in [0.2, 0.25) is 0 Å². The number of anilines is 1. The van der Waals surface area contributed by atoms with Gasteiger partial charge in [-0.25, -0.2) is 22.5 Å². The van der Waals surface area contributed by atoms with Gasteiger partial charge in [-0.05, 0) is 24.8 Å². The Bertz CT molecular complexity index is 1370. The Balaban J connectivity index is 1.99. The normalized spacial score (nSPS) is 16.7. The largest absolute Gasteiger partial charge is 0.391 e. The first-order valence-electron chi connectivity index (χ1n) is 11.7. The van der Waals surface area contributed by atoms with Crippen LogP contribution in [-0.4, -0.2) is 45.8 Å². The average Bonchev–Trinajstić information content (AvgIpc) is 3.23. The summed E-state index contributed by atoms with van der Waals surface area (Å²) in [5.41, 5.74) is -2.46. The molecular formula is C25H26F4N4O3. The second-order valence-electron chi connectivity index (χ2n) is 9.25. The second-order valence-corrected chi connectivity index (χ2v) is 9.25. The number of hydrogen-bond donors (Lipinski definition) is 2. The van der Waals surface area contributed by atoms with E-state index >= 15 is 4.39 Å². The average molecular weight is 507 g/mol. The molecule has 1 saturated heterocycles. The van der Waals surface area contributed by atoms with Crippen LogP contribution in [0.5, 0.6) is 0 Å². The van der Waals surface area contributed by atoms with Crippen molar-refractivity contribution in [1.29, 1.82) is 0 Å². The zero-order chi connectivity index (χ0) is 26.3. The highest BCUT2D eigenvalue weighted by atomic mass is 19.1. The Morgan fingerprint density at radius 1 is 1.17 bits per heavy atom. The smallest absolute Gasteiger partial charge is 0.257 e. The van der Waals surface area contributed by atoms with E-state index in [9.17, 15) is 27.9 Å². The molecule has 0 radical (unpaired) electrons. The third-order valence-electron chi connectivity index (χ3n) is 6.40. The number of nitrogens with one attached hydrogen (secondary N) is 1. The summed E-state index contributed by atoms with van der Waals surface area (Å²) >= 11 is 0. The minimum Gasteiger partial charge on any atom is -0.391 e.